The van der Waals surface area contributed by atoms with Gasteiger partial charge in [-0.15, -0.1) is 0 Å². The lowest BCUT2D eigenvalue weighted by molar-refractivity contribution is -0.402. The number of ether oxygens (including phenoxy) is 1. The van der Waals surface area contributed by atoms with Gasteiger partial charge in [0.15, 0.2) is 6.10 Å². The number of esters is 1. The van der Waals surface area contributed by atoms with Crippen molar-refractivity contribution in [2.45, 2.75) is 13.0 Å². The van der Waals surface area contributed by atoms with Gasteiger partial charge < -0.3 is 9.15 Å². The van der Waals surface area contributed by atoms with Crippen molar-refractivity contribution < 1.29 is 28.5 Å². The number of hydrogen-bond acceptors (Lipinski definition) is 7. The second-order valence-electron chi connectivity index (χ2n) is 4.75. The maximum Gasteiger partial charge on any atom is 0.433 e. The number of furan rings is 1. The maximum absolute atomic E-state index is 11.8. The molecule has 0 radical (unpaired) electrons. The van der Waals surface area contributed by atoms with Crippen LogP contribution in [0, 0.1) is 10.1 Å². The van der Waals surface area contributed by atoms with Crippen LogP contribution in [-0.2, 0) is 9.53 Å². The molecule has 0 fully saturated rings. The van der Waals surface area contributed by atoms with Crippen LogP contribution in [0.4, 0.5) is 5.88 Å². The van der Waals surface area contributed by atoms with E-state index in [0.717, 1.165) is 12.1 Å². The van der Waals surface area contributed by atoms with E-state index in [0.29, 0.717) is 5.56 Å². The second-order valence-corrected chi connectivity index (χ2v) is 4.75. The third-order valence-corrected chi connectivity index (χ3v) is 2.96. The summed E-state index contributed by atoms with van der Waals surface area (Å²) in [5, 5.41) is 10.5. The van der Waals surface area contributed by atoms with Gasteiger partial charge in [0.05, 0.1) is 6.07 Å². The van der Waals surface area contributed by atoms with E-state index in [9.17, 15) is 24.5 Å². The zero-order valence-corrected chi connectivity index (χ0v) is 12.9. The number of nitrogens with zero attached hydrogens (tertiary/aromatic N) is 1. The molecule has 0 aliphatic carbocycles. The van der Waals surface area contributed by atoms with Crippen molar-refractivity contribution in [1.82, 2.24) is 10.9 Å². The molecule has 130 valence electrons. The first kappa shape index (κ1) is 17.7. The Morgan fingerprint density at radius 2 is 1.80 bits per heavy atom. The summed E-state index contributed by atoms with van der Waals surface area (Å²) in [6.07, 6.45) is -1.27. The Labute approximate surface area is 140 Å². The van der Waals surface area contributed by atoms with Gasteiger partial charge in [0.1, 0.15) is 4.92 Å². The lowest BCUT2D eigenvalue weighted by atomic mass is 10.2. The average molecular weight is 347 g/mol. The number of carbonyl (C=O) groups excluding carboxylic acids is 3. The van der Waals surface area contributed by atoms with Crippen LogP contribution in [0.15, 0.2) is 46.9 Å². The summed E-state index contributed by atoms with van der Waals surface area (Å²) < 4.78 is 9.48. The fraction of sp³-hybridized carbons (Fsp3) is 0.133. The normalized spacial score (nSPS) is 11.2. The van der Waals surface area contributed by atoms with E-state index in [1.165, 1.54) is 6.92 Å². The number of nitrogens with one attached hydrogen (secondary N) is 2. The molecule has 10 heteroatoms. The zero-order chi connectivity index (χ0) is 18.4. The topological polar surface area (TPSA) is 141 Å². The van der Waals surface area contributed by atoms with Crippen LogP contribution in [0.5, 0.6) is 0 Å². The lowest BCUT2D eigenvalue weighted by Crippen LogP contribution is -2.46. The molecule has 0 aliphatic rings. The minimum Gasteiger partial charge on any atom is -0.447 e. The van der Waals surface area contributed by atoms with Crippen LogP contribution < -0.4 is 10.9 Å². The minimum atomic E-state index is -1.27. The first-order valence-corrected chi connectivity index (χ1v) is 6.99. The van der Waals surface area contributed by atoms with Crippen LogP contribution in [0.1, 0.15) is 27.8 Å². The number of rotatable bonds is 5. The second kappa shape index (κ2) is 7.73. The third-order valence-electron chi connectivity index (χ3n) is 2.96. The number of benzene rings is 1. The highest BCUT2D eigenvalue weighted by Gasteiger charge is 2.23. The molecule has 1 aromatic heterocycles. The standard InChI is InChI=1S/C15H13N3O7/c1-9(24-15(21)11-7-8-12(25-11)18(22)23)13(19)16-17-14(20)10-5-3-2-4-6-10/h2-9H,1H3,(H,16,19)(H,17,20)/t9-/m0/s1. The van der Waals surface area contributed by atoms with Gasteiger partial charge in [-0.1, -0.05) is 18.2 Å². The van der Waals surface area contributed by atoms with Gasteiger partial charge in [-0.25, -0.2) is 4.79 Å². The van der Waals surface area contributed by atoms with E-state index in [1.54, 1.807) is 30.3 Å². The van der Waals surface area contributed by atoms with Gasteiger partial charge in [0.2, 0.25) is 5.76 Å². The molecule has 10 nitrogen and oxygen atoms in total. The molecule has 0 saturated heterocycles. The van der Waals surface area contributed by atoms with E-state index in [2.05, 4.69) is 15.3 Å². The van der Waals surface area contributed by atoms with Gasteiger partial charge >= 0.3 is 11.9 Å². The Bertz CT molecular complexity index is 800. The predicted molar refractivity (Wildman–Crippen MR) is 82.3 cm³/mol. The summed E-state index contributed by atoms with van der Waals surface area (Å²) in [7, 11) is 0. The van der Waals surface area contributed by atoms with Crippen LogP contribution >= 0.6 is 0 Å². The molecule has 1 aromatic carbocycles. The van der Waals surface area contributed by atoms with E-state index < -0.39 is 40.5 Å². The van der Waals surface area contributed by atoms with Crippen LogP contribution in [0.25, 0.3) is 0 Å². The van der Waals surface area contributed by atoms with Crippen LogP contribution in [-0.4, -0.2) is 28.8 Å². The molecule has 2 N–H and O–H groups in total. The third kappa shape index (κ3) is 4.64. The van der Waals surface area contributed by atoms with Crippen molar-refractivity contribution >= 4 is 23.7 Å². The number of nitro groups is 1. The number of carbonyl (C=O) groups is 3. The molecule has 0 bridgehead atoms. The molecule has 1 heterocycles. The Kier molecular flexibility index (Phi) is 5.46. The largest absolute Gasteiger partial charge is 0.447 e. The smallest absolute Gasteiger partial charge is 0.433 e. The van der Waals surface area contributed by atoms with Gasteiger partial charge in [0.25, 0.3) is 11.8 Å². The van der Waals surface area contributed by atoms with Crippen molar-refractivity contribution in [3.63, 3.8) is 0 Å². The molecule has 0 saturated carbocycles. The lowest BCUT2D eigenvalue weighted by Gasteiger charge is -2.13. The highest BCUT2D eigenvalue weighted by molar-refractivity contribution is 5.96. The van der Waals surface area contributed by atoms with Crippen LogP contribution in [0.3, 0.4) is 0 Å². The van der Waals surface area contributed by atoms with Crippen molar-refractivity contribution in [3.05, 3.63) is 63.9 Å². The van der Waals surface area contributed by atoms with E-state index >= 15 is 0 Å². The number of hydrazine groups is 1. The number of amides is 2. The van der Waals surface area contributed by atoms with Crippen molar-refractivity contribution in [2.24, 2.45) is 0 Å². The average Bonchev–Trinajstić information content (AvgIpc) is 3.10. The summed E-state index contributed by atoms with van der Waals surface area (Å²) in [4.78, 5) is 45.0. The summed E-state index contributed by atoms with van der Waals surface area (Å²) in [6, 6.07) is 10.2. The molecular formula is C15H13N3O7. The highest BCUT2D eigenvalue weighted by Crippen LogP contribution is 2.16. The van der Waals surface area contributed by atoms with Crippen LogP contribution in [0.2, 0.25) is 0 Å². The Balaban J connectivity index is 1.86. The molecule has 25 heavy (non-hydrogen) atoms. The summed E-state index contributed by atoms with van der Waals surface area (Å²) in [5.74, 6) is -3.43. The summed E-state index contributed by atoms with van der Waals surface area (Å²) in [5.41, 5.74) is 4.60. The van der Waals surface area contributed by atoms with Gasteiger partial charge in [0, 0.05) is 5.56 Å². The van der Waals surface area contributed by atoms with E-state index in [-0.39, 0.29) is 0 Å². The molecule has 0 spiro atoms. The number of hydrogen-bond donors (Lipinski definition) is 2. The Morgan fingerprint density at radius 3 is 2.40 bits per heavy atom. The van der Waals surface area contributed by atoms with E-state index in [1.807, 2.05) is 0 Å². The van der Waals surface area contributed by atoms with Crippen molar-refractivity contribution in [2.75, 3.05) is 0 Å². The van der Waals surface area contributed by atoms with Gasteiger partial charge in [-0.2, -0.15) is 0 Å². The van der Waals surface area contributed by atoms with E-state index in [4.69, 9.17) is 4.74 Å². The Morgan fingerprint density at radius 1 is 1.12 bits per heavy atom. The summed E-state index contributed by atoms with van der Waals surface area (Å²) >= 11 is 0. The molecular weight excluding hydrogens is 334 g/mol. The van der Waals surface area contributed by atoms with Gasteiger partial charge in [-0.05, 0) is 25.1 Å². The van der Waals surface area contributed by atoms with Gasteiger partial charge in [-0.3, -0.25) is 30.6 Å². The molecule has 2 amide bonds. The molecule has 0 aliphatic heterocycles. The first-order chi connectivity index (χ1) is 11.9. The fourth-order valence-electron chi connectivity index (χ4n) is 1.69. The summed E-state index contributed by atoms with van der Waals surface area (Å²) in [6.45, 7) is 1.26. The quantitative estimate of drug-likeness (QED) is 0.470. The molecule has 0 unspecified atom stereocenters. The van der Waals surface area contributed by atoms with Crippen molar-refractivity contribution in [3.8, 4) is 0 Å². The SMILES string of the molecule is C[C@H](OC(=O)c1ccc([N+](=O)[O-])o1)C(=O)NNC(=O)c1ccccc1. The van der Waals surface area contributed by atoms with Crippen molar-refractivity contribution in [1.29, 1.82) is 0 Å². The predicted octanol–water partition coefficient (Wildman–Crippen LogP) is 1.19. The minimum absolute atomic E-state index is 0.329. The fourth-order valence-corrected chi connectivity index (χ4v) is 1.69. The first-order valence-electron chi connectivity index (χ1n) is 6.99. The molecule has 1 atom stereocenters. The zero-order valence-electron chi connectivity index (χ0n) is 12.9. The molecule has 2 aromatic rings. The maximum atomic E-state index is 11.8. The highest BCUT2D eigenvalue weighted by atomic mass is 16.7. The Hall–Kier alpha value is -3.69. The molecule has 2 rings (SSSR count). The monoisotopic (exact) mass is 347 g/mol.